The van der Waals surface area contributed by atoms with Gasteiger partial charge in [-0.15, -0.1) is 10.2 Å². The first-order chi connectivity index (χ1) is 40.9. The van der Waals surface area contributed by atoms with E-state index in [1.807, 2.05) is 61.3 Å². The maximum absolute atomic E-state index is 13.4. The molecule has 1 saturated heterocycles. The Labute approximate surface area is 497 Å². The molecular weight excluding hydrogens is 1100 g/mol. The van der Waals surface area contributed by atoms with E-state index in [-0.39, 0.29) is 51.5 Å². The van der Waals surface area contributed by atoms with E-state index in [2.05, 4.69) is 56.6 Å². The SMILES string of the molecule is Cc1c(Nc2nc3ccccc3s2)nnc2c1CCCN2c1ccc(-c2cnn(CC34CC5(C)CC(C)(C3)CC(OCCN(C)CCOCCOCCOCCNc3cccc6c3C(=O)N(C3CCC(=O)NC3=O)C6=O)(C5)C4)c2C)c(C(=O)O)n1. The van der Waals surface area contributed by atoms with Crippen molar-refractivity contribution in [3.63, 3.8) is 0 Å². The predicted molar refractivity (Wildman–Crippen MR) is 319 cm³/mol. The number of benzene rings is 2. The average Bonchev–Trinajstić information content (AvgIpc) is 1.36. The van der Waals surface area contributed by atoms with Crippen LogP contribution in [-0.2, 0) is 41.5 Å². The summed E-state index contributed by atoms with van der Waals surface area (Å²) in [6.07, 6.45) is 10.0. The number of carbonyl (C=O) groups excluding carboxylic acids is 4. The first-order valence-corrected chi connectivity index (χ1v) is 30.4. The Morgan fingerprint density at radius 2 is 1.56 bits per heavy atom. The summed E-state index contributed by atoms with van der Waals surface area (Å²) < 4.78 is 27.6. The van der Waals surface area contributed by atoms with E-state index in [1.54, 1.807) is 29.5 Å². The number of nitrogens with one attached hydrogen (secondary N) is 3. The number of ether oxygens (including phenoxy) is 4. The Kier molecular flexibility index (Phi) is 16.1. The summed E-state index contributed by atoms with van der Waals surface area (Å²) in [6.45, 7) is 15.4. The van der Waals surface area contributed by atoms with Crippen LogP contribution in [0, 0.1) is 30.1 Å². The fourth-order valence-corrected chi connectivity index (χ4v) is 16.3. The largest absolute Gasteiger partial charge is 0.476 e. The van der Waals surface area contributed by atoms with Crippen LogP contribution in [0.15, 0.2) is 60.8 Å². The Hall–Kier alpha value is -7.28. The second kappa shape index (κ2) is 23.5. The molecule has 23 heteroatoms. The van der Waals surface area contributed by atoms with E-state index in [0.29, 0.717) is 88.0 Å². The van der Waals surface area contributed by atoms with Crippen molar-refractivity contribution in [2.24, 2.45) is 16.2 Å². The number of carboxylic acid groups (broad SMARTS) is 1. The minimum Gasteiger partial charge on any atom is -0.476 e. The second-order valence-corrected chi connectivity index (χ2v) is 26.0. The third-order valence-electron chi connectivity index (χ3n) is 18.1. The molecule has 7 heterocycles. The van der Waals surface area contributed by atoms with Crippen molar-refractivity contribution in [2.45, 2.75) is 110 Å². The quantitative estimate of drug-likeness (QED) is 0.0312. The lowest BCUT2D eigenvalue weighted by Crippen LogP contribution is -2.64. The number of hydrogen-bond donors (Lipinski definition) is 4. The molecule has 85 heavy (non-hydrogen) atoms. The number of aromatic nitrogens is 6. The number of rotatable bonds is 25. The van der Waals surface area contributed by atoms with Crippen LogP contribution in [0.4, 0.5) is 28.3 Å². The Morgan fingerprint density at radius 3 is 2.33 bits per heavy atom. The van der Waals surface area contributed by atoms with Crippen molar-refractivity contribution in [3.05, 3.63) is 94.4 Å². The van der Waals surface area contributed by atoms with E-state index in [1.165, 1.54) is 6.42 Å². The van der Waals surface area contributed by atoms with Crippen molar-refractivity contribution < 1.29 is 48.0 Å². The van der Waals surface area contributed by atoms with Gasteiger partial charge in [0.2, 0.25) is 11.8 Å². The number of hydrogen-bond acceptors (Lipinski definition) is 19. The number of fused-ring (bicyclic) bond motifs is 3. The van der Waals surface area contributed by atoms with Crippen LogP contribution in [0.3, 0.4) is 0 Å². The van der Waals surface area contributed by atoms with Gasteiger partial charge >= 0.3 is 5.97 Å². The van der Waals surface area contributed by atoms with Gasteiger partial charge in [-0.3, -0.25) is 34.1 Å². The Bertz CT molecular complexity index is 3540. The lowest BCUT2D eigenvalue weighted by molar-refractivity contribution is -0.248. The van der Waals surface area contributed by atoms with Gasteiger partial charge in [0, 0.05) is 72.8 Å². The number of thiazole rings is 1. The predicted octanol–water partition coefficient (Wildman–Crippen LogP) is 8.12. The second-order valence-electron chi connectivity index (χ2n) is 25.0. The summed E-state index contributed by atoms with van der Waals surface area (Å²) in [5.41, 5.74) is 6.06. The fourth-order valence-electron chi connectivity index (χ4n) is 15.5. The number of carbonyl (C=O) groups is 5. The highest BCUT2D eigenvalue weighted by Gasteiger charge is 2.66. The normalized spacial score (nSPS) is 24.2. The van der Waals surface area contributed by atoms with E-state index < -0.39 is 35.6 Å². The highest BCUT2D eigenvalue weighted by Crippen LogP contribution is 2.72. The van der Waals surface area contributed by atoms with Crippen molar-refractivity contribution >= 4 is 79.4 Å². The molecule has 0 spiro atoms. The fraction of sp³-hybridized carbons (Fsp3) is 0.516. The van der Waals surface area contributed by atoms with Crippen LogP contribution in [-0.4, -0.2) is 166 Å². The van der Waals surface area contributed by atoms with Gasteiger partial charge in [0.1, 0.15) is 11.9 Å². The molecule has 5 fully saturated rings. The standard InChI is InChI=1S/C62H74N12O10S/c1-38-40-11-9-20-72(53(40)70-69-52(38)68-58-65-44-12-6-7-14-47(44)85-58)48-17-15-41(51(66-48)57(79)80)43-30-64-73(39(43)2)37-61-32-59(3)31-60(4,33-61)35-62(34-59,36-61)84-25-22-71(5)21-24-82-27-29-83-28-26-81-23-19-63-45-13-8-10-42-50(45)56(78)74(55(42)77)46-16-18-49(75)67-54(46)76/h6-8,10,12-15,17,30,46,63H,9,11,16,18-29,31-37H2,1-5H3,(H,79,80)(H,65,68,69)(H,67,75,76). The molecule has 4 aromatic heterocycles. The van der Waals surface area contributed by atoms with Gasteiger partial charge in [-0.05, 0) is 131 Å². The third kappa shape index (κ3) is 11.8. The number of aromatic carboxylic acids is 1. The van der Waals surface area contributed by atoms with E-state index >= 15 is 0 Å². The average molecular weight is 1180 g/mol. The maximum atomic E-state index is 13.4. The van der Waals surface area contributed by atoms with Crippen molar-refractivity contribution in [1.82, 2.24) is 45.1 Å². The molecule has 2 aromatic carbocycles. The van der Waals surface area contributed by atoms with Crippen molar-refractivity contribution in [2.75, 3.05) is 95.0 Å². The van der Waals surface area contributed by atoms with Crippen LogP contribution in [0.5, 0.6) is 0 Å². The number of para-hydroxylation sites is 1. The van der Waals surface area contributed by atoms with Crippen LogP contribution in [0.1, 0.15) is 120 Å². The molecule has 4 bridgehead atoms. The van der Waals surface area contributed by atoms with Gasteiger partial charge in [-0.25, -0.2) is 14.8 Å². The number of pyridine rings is 1. The van der Waals surface area contributed by atoms with Crippen LogP contribution < -0.4 is 20.9 Å². The molecule has 4 amide bonds. The minimum atomic E-state index is -1.10. The smallest absolute Gasteiger partial charge is 0.355 e. The molecule has 4 N–H and O–H groups in total. The van der Waals surface area contributed by atoms with Gasteiger partial charge < -0.3 is 44.5 Å². The van der Waals surface area contributed by atoms with Gasteiger partial charge in [0.05, 0.1) is 79.4 Å². The zero-order chi connectivity index (χ0) is 59.3. The number of anilines is 5. The molecule has 4 saturated carbocycles. The third-order valence-corrected chi connectivity index (χ3v) is 19.0. The molecule has 6 aromatic rings. The molecule has 448 valence electrons. The zero-order valence-electron chi connectivity index (χ0n) is 49.0. The number of carboxylic acids is 1. The topological polar surface area (TPSA) is 258 Å². The molecule has 3 aliphatic heterocycles. The summed E-state index contributed by atoms with van der Waals surface area (Å²) in [7, 11) is 2.09. The van der Waals surface area contributed by atoms with Crippen LogP contribution >= 0.6 is 11.3 Å². The molecule has 0 radical (unpaired) electrons. The first-order valence-electron chi connectivity index (χ1n) is 29.6. The molecule has 4 aliphatic carbocycles. The lowest BCUT2D eigenvalue weighted by atomic mass is 9.39. The van der Waals surface area contributed by atoms with Crippen molar-refractivity contribution in [3.8, 4) is 11.1 Å². The number of imide groups is 2. The number of amides is 4. The summed E-state index contributed by atoms with van der Waals surface area (Å²) in [5.74, 6) is -1.43. The van der Waals surface area contributed by atoms with Gasteiger partial charge in [-0.1, -0.05) is 43.4 Å². The zero-order valence-corrected chi connectivity index (χ0v) is 49.8. The lowest BCUT2D eigenvalue weighted by Gasteiger charge is -2.69. The minimum absolute atomic E-state index is 0.0263. The summed E-state index contributed by atoms with van der Waals surface area (Å²) >= 11 is 1.57. The van der Waals surface area contributed by atoms with Gasteiger partial charge in [0.25, 0.3) is 11.8 Å². The summed E-state index contributed by atoms with van der Waals surface area (Å²) in [5, 5.41) is 34.5. The van der Waals surface area contributed by atoms with Crippen molar-refractivity contribution in [1.29, 1.82) is 0 Å². The van der Waals surface area contributed by atoms with E-state index in [9.17, 15) is 29.1 Å². The monoisotopic (exact) mass is 1180 g/mol. The molecule has 22 nitrogen and oxygen atoms in total. The van der Waals surface area contributed by atoms with E-state index in [4.69, 9.17) is 34.0 Å². The summed E-state index contributed by atoms with van der Waals surface area (Å²) in [4.78, 5) is 78.4. The molecule has 7 aliphatic rings. The first kappa shape index (κ1) is 58.1. The highest BCUT2D eigenvalue weighted by molar-refractivity contribution is 7.22. The molecule has 13 rings (SSSR count). The Morgan fingerprint density at radius 1 is 0.812 bits per heavy atom. The maximum Gasteiger partial charge on any atom is 0.355 e. The van der Waals surface area contributed by atoms with E-state index in [0.717, 1.165) is 107 Å². The number of nitrogens with zero attached hydrogens (tertiary/aromatic N) is 9. The van der Waals surface area contributed by atoms with Crippen LogP contribution in [0.25, 0.3) is 21.3 Å². The van der Waals surface area contributed by atoms with Gasteiger partial charge in [-0.2, -0.15) is 5.10 Å². The molecule has 3 atom stereocenters. The number of likely N-dealkylation sites (N-methyl/N-ethyl adjacent to an activating group) is 1. The number of piperidine rings is 1. The highest BCUT2D eigenvalue weighted by atomic mass is 32.1. The Balaban J connectivity index is 0.589. The molecule has 3 unspecified atom stereocenters. The molecular formula is C62H74N12O10S. The van der Waals surface area contributed by atoms with Crippen LogP contribution in [0.2, 0.25) is 0 Å². The van der Waals surface area contributed by atoms with Gasteiger partial charge in [0.15, 0.2) is 22.5 Å². The summed E-state index contributed by atoms with van der Waals surface area (Å²) in [6, 6.07) is 15.7.